The Hall–Kier alpha value is -2.64. The van der Waals surface area contributed by atoms with Crippen molar-refractivity contribution in [2.24, 2.45) is 5.92 Å². The highest BCUT2D eigenvalue weighted by atomic mass is 16.2. The van der Waals surface area contributed by atoms with Gasteiger partial charge in [-0.15, -0.1) is 0 Å². The van der Waals surface area contributed by atoms with Gasteiger partial charge in [-0.2, -0.15) is 0 Å². The van der Waals surface area contributed by atoms with Crippen molar-refractivity contribution in [3.05, 3.63) is 28.8 Å². The standard InChI is InChI=1S/C19H28N6O2/c1-13(2)12-25-16-11-20-6-5-15(16)22-17(18(25)26)23-7-9-24(10-8-23)19(27)21-14(3)4/h5-6,11,13-14H,7-10,12H2,1-4H3,(H,21,27). The van der Waals surface area contributed by atoms with E-state index in [4.69, 9.17) is 0 Å². The highest BCUT2D eigenvalue weighted by molar-refractivity contribution is 5.76. The van der Waals surface area contributed by atoms with E-state index in [0.717, 1.165) is 11.0 Å². The topological polar surface area (TPSA) is 83.4 Å². The van der Waals surface area contributed by atoms with Gasteiger partial charge in [0.25, 0.3) is 5.56 Å². The molecule has 0 bridgehead atoms. The molecule has 0 aliphatic carbocycles. The zero-order valence-electron chi connectivity index (χ0n) is 16.5. The molecule has 3 rings (SSSR count). The Bertz CT molecular complexity index is 868. The van der Waals surface area contributed by atoms with Gasteiger partial charge in [0.05, 0.1) is 17.2 Å². The summed E-state index contributed by atoms with van der Waals surface area (Å²) < 4.78 is 1.77. The Morgan fingerprint density at radius 3 is 2.52 bits per heavy atom. The number of urea groups is 1. The summed E-state index contributed by atoms with van der Waals surface area (Å²) in [6, 6.07) is 1.88. The first-order valence-electron chi connectivity index (χ1n) is 9.51. The van der Waals surface area contributed by atoms with Crippen molar-refractivity contribution in [3.63, 3.8) is 0 Å². The average Bonchev–Trinajstić information content (AvgIpc) is 2.63. The summed E-state index contributed by atoms with van der Waals surface area (Å²) in [4.78, 5) is 37.8. The Morgan fingerprint density at radius 2 is 1.89 bits per heavy atom. The number of aromatic nitrogens is 3. The third kappa shape index (κ3) is 4.20. The predicted octanol–water partition coefficient (Wildman–Crippen LogP) is 1.69. The molecule has 2 aromatic heterocycles. The number of carbonyl (C=O) groups is 1. The number of carbonyl (C=O) groups excluding carboxylic acids is 1. The Kier molecular flexibility index (Phi) is 5.62. The number of nitrogens with one attached hydrogen (secondary N) is 1. The van der Waals surface area contributed by atoms with E-state index in [1.165, 1.54) is 0 Å². The fraction of sp³-hybridized carbons (Fsp3) is 0.579. The van der Waals surface area contributed by atoms with Crippen molar-refractivity contribution in [3.8, 4) is 0 Å². The first kappa shape index (κ1) is 19.1. The second kappa shape index (κ2) is 7.94. The maximum atomic E-state index is 13.1. The van der Waals surface area contributed by atoms with E-state index in [1.807, 2.05) is 24.8 Å². The van der Waals surface area contributed by atoms with E-state index >= 15 is 0 Å². The van der Waals surface area contributed by atoms with Gasteiger partial charge in [-0.25, -0.2) is 9.78 Å². The summed E-state index contributed by atoms with van der Waals surface area (Å²) in [5.74, 6) is 0.788. The molecular formula is C19H28N6O2. The second-order valence-electron chi connectivity index (χ2n) is 7.69. The molecule has 0 saturated carbocycles. The van der Waals surface area contributed by atoms with Crippen LogP contribution in [-0.2, 0) is 6.54 Å². The molecule has 0 spiro atoms. The fourth-order valence-corrected chi connectivity index (χ4v) is 3.29. The zero-order valence-corrected chi connectivity index (χ0v) is 16.5. The highest BCUT2D eigenvalue weighted by Gasteiger charge is 2.25. The van der Waals surface area contributed by atoms with Crippen LogP contribution in [0.1, 0.15) is 27.7 Å². The summed E-state index contributed by atoms with van der Waals surface area (Å²) in [7, 11) is 0. The smallest absolute Gasteiger partial charge is 0.317 e. The van der Waals surface area contributed by atoms with E-state index < -0.39 is 0 Å². The van der Waals surface area contributed by atoms with Gasteiger partial charge < -0.3 is 19.7 Å². The third-order valence-corrected chi connectivity index (χ3v) is 4.56. The summed E-state index contributed by atoms with van der Waals surface area (Å²) in [5.41, 5.74) is 1.43. The van der Waals surface area contributed by atoms with Gasteiger partial charge >= 0.3 is 6.03 Å². The molecule has 0 aromatic carbocycles. The van der Waals surface area contributed by atoms with E-state index in [-0.39, 0.29) is 17.6 Å². The molecule has 8 heteroatoms. The number of amides is 2. The van der Waals surface area contributed by atoms with Crippen LogP contribution >= 0.6 is 0 Å². The minimum absolute atomic E-state index is 0.0561. The SMILES string of the molecule is CC(C)Cn1c(=O)c(N2CCN(C(=O)NC(C)C)CC2)nc2ccncc21. The molecule has 2 aromatic rings. The molecule has 27 heavy (non-hydrogen) atoms. The summed E-state index contributed by atoms with van der Waals surface area (Å²) in [6.07, 6.45) is 3.39. The summed E-state index contributed by atoms with van der Waals surface area (Å²) >= 11 is 0. The maximum absolute atomic E-state index is 13.1. The van der Waals surface area contributed by atoms with Crippen LogP contribution in [0.3, 0.4) is 0 Å². The van der Waals surface area contributed by atoms with Gasteiger partial charge in [-0.1, -0.05) is 13.8 Å². The predicted molar refractivity (Wildman–Crippen MR) is 106 cm³/mol. The third-order valence-electron chi connectivity index (χ3n) is 4.56. The van der Waals surface area contributed by atoms with Crippen LogP contribution < -0.4 is 15.8 Å². The molecule has 1 N–H and O–H groups in total. The lowest BCUT2D eigenvalue weighted by molar-refractivity contribution is 0.191. The number of hydrogen-bond donors (Lipinski definition) is 1. The lowest BCUT2D eigenvalue weighted by atomic mass is 10.2. The van der Waals surface area contributed by atoms with Crippen molar-refractivity contribution < 1.29 is 4.79 Å². The Morgan fingerprint density at radius 1 is 1.19 bits per heavy atom. The van der Waals surface area contributed by atoms with Crippen molar-refractivity contribution in [2.75, 3.05) is 31.1 Å². The molecule has 1 saturated heterocycles. The highest BCUT2D eigenvalue weighted by Crippen LogP contribution is 2.16. The Labute approximate surface area is 159 Å². The van der Waals surface area contributed by atoms with Gasteiger partial charge in [-0.3, -0.25) is 9.78 Å². The fourth-order valence-electron chi connectivity index (χ4n) is 3.29. The van der Waals surface area contributed by atoms with E-state index in [1.54, 1.807) is 21.9 Å². The van der Waals surface area contributed by atoms with Crippen molar-refractivity contribution in [1.82, 2.24) is 24.8 Å². The van der Waals surface area contributed by atoms with Crippen LogP contribution in [0, 0.1) is 5.92 Å². The van der Waals surface area contributed by atoms with Gasteiger partial charge in [0.1, 0.15) is 0 Å². The number of piperazine rings is 1. The summed E-state index contributed by atoms with van der Waals surface area (Å²) in [5, 5.41) is 2.91. The second-order valence-corrected chi connectivity index (χ2v) is 7.69. The largest absolute Gasteiger partial charge is 0.348 e. The minimum Gasteiger partial charge on any atom is -0.348 e. The lowest BCUT2D eigenvalue weighted by Crippen LogP contribution is -2.54. The molecule has 2 amide bonds. The molecule has 1 aliphatic rings. The quantitative estimate of drug-likeness (QED) is 0.883. The van der Waals surface area contributed by atoms with Crippen LogP contribution in [0.5, 0.6) is 0 Å². The van der Waals surface area contributed by atoms with Crippen LogP contribution in [0.25, 0.3) is 11.0 Å². The normalized spacial score (nSPS) is 15.0. The van der Waals surface area contributed by atoms with Crippen molar-refractivity contribution >= 4 is 22.9 Å². The minimum atomic E-state index is -0.0933. The van der Waals surface area contributed by atoms with Gasteiger partial charge in [0, 0.05) is 45.0 Å². The molecule has 0 radical (unpaired) electrons. The molecular weight excluding hydrogens is 344 g/mol. The monoisotopic (exact) mass is 372 g/mol. The first-order chi connectivity index (χ1) is 12.9. The zero-order chi connectivity index (χ0) is 19.6. The first-order valence-corrected chi connectivity index (χ1v) is 9.51. The van der Waals surface area contributed by atoms with E-state index in [0.29, 0.717) is 44.5 Å². The lowest BCUT2D eigenvalue weighted by Gasteiger charge is -2.35. The van der Waals surface area contributed by atoms with Gasteiger partial charge in [-0.05, 0) is 25.8 Å². The number of hydrogen-bond acceptors (Lipinski definition) is 5. The maximum Gasteiger partial charge on any atom is 0.317 e. The number of rotatable bonds is 4. The van der Waals surface area contributed by atoms with Crippen molar-refractivity contribution in [1.29, 1.82) is 0 Å². The Balaban J connectivity index is 1.86. The molecule has 0 atom stereocenters. The van der Waals surface area contributed by atoms with E-state index in [2.05, 4.69) is 29.1 Å². The van der Waals surface area contributed by atoms with Crippen LogP contribution in [0.4, 0.5) is 10.6 Å². The number of anilines is 1. The number of fused-ring (bicyclic) bond motifs is 1. The van der Waals surface area contributed by atoms with Crippen molar-refractivity contribution in [2.45, 2.75) is 40.3 Å². The average molecular weight is 372 g/mol. The van der Waals surface area contributed by atoms with Crippen LogP contribution in [0.2, 0.25) is 0 Å². The molecule has 1 aliphatic heterocycles. The number of nitrogens with zero attached hydrogens (tertiary/aromatic N) is 5. The van der Waals surface area contributed by atoms with E-state index in [9.17, 15) is 9.59 Å². The molecule has 3 heterocycles. The van der Waals surface area contributed by atoms with Gasteiger partial charge in [0.2, 0.25) is 0 Å². The molecule has 0 unspecified atom stereocenters. The molecule has 1 fully saturated rings. The number of pyridine rings is 1. The summed E-state index contributed by atoms with van der Waals surface area (Å²) in [6.45, 7) is 11.0. The molecule has 146 valence electrons. The van der Waals surface area contributed by atoms with Crippen LogP contribution in [0.15, 0.2) is 23.3 Å². The van der Waals surface area contributed by atoms with Gasteiger partial charge in [0.15, 0.2) is 5.82 Å². The van der Waals surface area contributed by atoms with Crippen LogP contribution in [-0.4, -0.2) is 57.7 Å². The molecule has 8 nitrogen and oxygen atoms in total.